The van der Waals surface area contributed by atoms with E-state index in [0.29, 0.717) is 17.4 Å². The molecule has 1 aliphatic rings. The fraction of sp³-hybridized carbons (Fsp3) is 0.533. The average molecular weight is 277 g/mol. The van der Waals surface area contributed by atoms with Gasteiger partial charge in [0.2, 0.25) is 0 Å². The van der Waals surface area contributed by atoms with Crippen molar-refractivity contribution in [3.05, 3.63) is 29.8 Å². The molecular formula is C15H23N3O2. The van der Waals surface area contributed by atoms with E-state index in [1.54, 1.807) is 19.2 Å². The van der Waals surface area contributed by atoms with Crippen LogP contribution in [0.1, 0.15) is 24.2 Å². The normalized spacial score (nSPS) is 17.2. The highest BCUT2D eigenvalue weighted by molar-refractivity contribution is 5.94. The highest BCUT2D eigenvalue weighted by atomic mass is 16.5. The summed E-state index contributed by atoms with van der Waals surface area (Å²) >= 11 is 0. The van der Waals surface area contributed by atoms with Gasteiger partial charge in [0, 0.05) is 37.8 Å². The van der Waals surface area contributed by atoms with Crippen molar-refractivity contribution < 1.29 is 9.53 Å². The minimum absolute atomic E-state index is 0.0816. The Labute approximate surface area is 120 Å². The molecule has 0 saturated carbocycles. The van der Waals surface area contributed by atoms with Gasteiger partial charge < -0.3 is 4.74 Å². The number of methoxy groups -OCH3 is 1. The van der Waals surface area contributed by atoms with E-state index in [1.165, 1.54) is 0 Å². The second-order valence-electron chi connectivity index (χ2n) is 5.29. The van der Waals surface area contributed by atoms with Crippen LogP contribution >= 0.6 is 0 Å². The number of hydrogen-bond donors (Lipinski definition) is 1. The Morgan fingerprint density at radius 3 is 2.55 bits per heavy atom. The SMILES string of the molecule is COc1cccc(C(=O)NN2CCN(C(C)C)CC2)c1. The summed E-state index contributed by atoms with van der Waals surface area (Å²) in [5, 5.41) is 1.99. The Morgan fingerprint density at radius 2 is 1.95 bits per heavy atom. The molecule has 2 rings (SSSR count). The van der Waals surface area contributed by atoms with Crippen molar-refractivity contribution in [1.29, 1.82) is 0 Å². The second kappa shape index (κ2) is 6.72. The van der Waals surface area contributed by atoms with E-state index < -0.39 is 0 Å². The van der Waals surface area contributed by atoms with E-state index in [0.717, 1.165) is 26.2 Å². The molecule has 110 valence electrons. The highest BCUT2D eigenvalue weighted by Crippen LogP contribution is 2.12. The lowest BCUT2D eigenvalue weighted by Gasteiger charge is -2.36. The van der Waals surface area contributed by atoms with Gasteiger partial charge in [0.15, 0.2) is 0 Å². The molecule has 5 nitrogen and oxygen atoms in total. The Kier molecular flexibility index (Phi) is 4.98. The average Bonchev–Trinajstić information content (AvgIpc) is 2.47. The maximum atomic E-state index is 12.2. The van der Waals surface area contributed by atoms with Crippen LogP contribution < -0.4 is 10.2 Å². The summed E-state index contributed by atoms with van der Waals surface area (Å²) in [6, 6.07) is 7.76. The molecule has 0 unspecified atom stereocenters. The summed E-state index contributed by atoms with van der Waals surface area (Å²) in [5.41, 5.74) is 3.58. The Hall–Kier alpha value is -1.59. The largest absolute Gasteiger partial charge is 0.497 e. The van der Waals surface area contributed by atoms with Crippen LogP contribution in [0.15, 0.2) is 24.3 Å². The first-order valence-electron chi connectivity index (χ1n) is 7.04. The third kappa shape index (κ3) is 3.71. The first-order chi connectivity index (χ1) is 9.60. The molecule has 0 bridgehead atoms. The van der Waals surface area contributed by atoms with Crippen molar-refractivity contribution in [3.63, 3.8) is 0 Å². The molecule has 1 N–H and O–H groups in total. The molecule has 1 aliphatic heterocycles. The van der Waals surface area contributed by atoms with Crippen LogP contribution in [0, 0.1) is 0 Å². The topological polar surface area (TPSA) is 44.8 Å². The molecule has 1 saturated heterocycles. The maximum absolute atomic E-state index is 12.2. The number of carbonyl (C=O) groups is 1. The first-order valence-corrected chi connectivity index (χ1v) is 7.04. The maximum Gasteiger partial charge on any atom is 0.265 e. The van der Waals surface area contributed by atoms with Gasteiger partial charge in [0.25, 0.3) is 5.91 Å². The summed E-state index contributed by atoms with van der Waals surface area (Å²) in [7, 11) is 1.60. The zero-order valence-electron chi connectivity index (χ0n) is 12.4. The number of rotatable bonds is 4. The van der Waals surface area contributed by atoms with Crippen molar-refractivity contribution in [2.24, 2.45) is 0 Å². The van der Waals surface area contributed by atoms with Crippen molar-refractivity contribution in [1.82, 2.24) is 15.3 Å². The van der Waals surface area contributed by atoms with Crippen LogP contribution in [0.2, 0.25) is 0 Å². The number of hydrazine groups is 1. The Bertz CT molecular complexity index is 454. The number of ether oxygens (including phenoxy) is 1. The zero-order valence-corrected chi connectivity index (χ0v) is 12.4. The van der Waals surface area contributed by atoms with Crippen molar-refractivity contribution in [2.45, 2.75) is 19.9 Å². The molecule has 0 aliphatic carbocycles. The van der Waals surface area contributed by atoms with Gasteiger partial charge in [0.1, 0.15) is 5.75 Å². The van der Waals surface area contributed by atoms with Gasteiger partial charge in [-0.2, -0.15) is 0 Å². The van der Waals surface area contributed by atoms with E-state index >= 15 is 0 Å². The van der Waals surface area contributed by atoms with Crippen molar-refractivity contribution in [2.75, 3.05) is 33.3 Å². The first kappa shape index (κ1) is 14.8. The van der Waals surface area contributed by atoms with Gasteiger partial charge in [-0.1, -0.05) is 6.07 Å². The van der Waals surface area contributed by atoms with Crippen molar-refractivity contribution in [3.8, 4) is 5.75 Å². The van der Waals surface area contributed by atoms with Gasteiger partial charge in [-0.25, -0.2) is 5.01 Å². The molecule has 20 heavy (non-hydrogen) atoms. The minimum Gasteiger partial charge on any atom is -0.497 e. The zero-order chi connectivity index (χ0) is 14.5. The van der Waals surface area contributed by atoms with Crippen LogP contribution in [0.5, 0.6) is 5.75 Å². The third-order valence-corrected chi connectivity index (χ3v) is 3.64. The number of amides is 1. The van der Waals surface area contributed by atoms with E-state index in [1.807, 2.05) is 17.1 Å². The van der Waals surface area contributed by atoms with E-state index in [2.05, 4.69) is 24.2 Å². The lowest BCUT2D eigenvalue weighted by atomic mass is 10.2. The number of nitrogens with one attached hydrogen (secondary N) is 1. The lowest BCUT2D eigenvalue weighted by Crippen LogP contribution is -2.54. The van der Waals surface area contributed by atoms with Gasteiger partial charge in [0.05, 0.1) is 7.11 Å². The van der Waals surface area contributed by atoms with Crippen LogP contribution in [0.25, 0.3) is 0 Å². The molecule has 1 amide bonds. The predicted molar refractivity (Wildman–Crippen MR) is 78.7 cm³/mol. The van der Waals surface area contributed by atoms with Crippen LogP contribution in [-0.4, -0.2) is 55.1 Å². The van der Waals surface area contributed by atoms with Crippen LogP contribution in [0.3, 0.4) is 0 Å². The molecular weight excluding hydrogens is 254 g/mol. The fourth-order valence-electron chi connectivity index (χ4n) is 2.32. The number of nitrogens with zero attached hydrogens (tertiary/aromatic N) is 2. The van der Waals surface area contributed by atoms with Gasteiger partial charge in [-0.05, 0) is 32.0 Å². The van der Waals surface area contributed by atoms with Gasteiger partial charge >= 0.3 is 0 Å². The fourth-order valence-corrected chi connectivity index (χ4v) is 2.32. The highest BCUT2D eigenvalue weighted by Gasteiger charge is 2.20. The molecule has 0 aromatic heterocycles. The van der Waals surface area contributed by atoms with Crippen molar-refractivity contribution >= 4 is 5.91 Å². The summed E-state index contributed by atoms with van der Waals surface area (Å²) in [4.78, 5) is 14.6. The smallest absolute Gasteiger partial charge is 0.265 e. The summed E-state index contributed by atoms with van der Waals surface area (Å²) in [6.45, 7) is 8.07. The van der Waals surface area contributed by atoms with E-state index in [-0.39, 0.29) is 5.91 Å². The molecule has 1 fully saturated rings. The quantitative estimate of drug-likeness (QED) is 0.903. The minimum atomic E-state index is -0.0816. The summed E-state index contributed by atoms with van der Waals surface area (Å²) in [5.74, 6) is 0.615. The molecule has 1 aromatic carbocycles. The standard InChI is InChI=1S/C15H23N3O2/c1-12(2)17-7-9-18(10-8-17)16-15(19)13-5-4-6-14(11-13)20-3/h4-6,11-12H,7-10H2,1-3H3,(H,16,19). The summed E-state index contributed by atoms with van der Waals surface area (Å²) < 4.78 is 5.14. The molecule has 1 aromatic rings. The number of benzene rings is 1. The second-order valence-corrected chi connectivity index (χ2v) is 5.29. The van der Waals surface area contributed by atoms with E-state index in [4.69, 9.17) is 4.74 Å². The van der Waals surface area contributed by atoms with Crippen LogP contribution in [0.4, 0.5) is 0 Å². The molecule has 0 spiro atoms. The number of piperazine rings is 1. The molecule has 0 atom stereocenters. The Morgan fingerprint density at radius 1 is 1.25 bits per heavy atom. The molecule has 0 radical (unpaired) electrons. The molecule has 1 heterocycles. The monoisotopic (exact) mass is 277 g/mol. The Balaban J connectivity index is 1.89. The van der Waals surface area contributed by atoms with Gasteiger partial charge in [-0.15, -0.1) is 0 Å². The van der Waals surface area contributed by atoms with Crippen LogP contribution in [-0.2, 0) is 0 Å². The predicted octanol–water partition coefficient (Wildman–Crippen LogP) is 1.37. The third-order valence-electron chi connectivity index (χ3n) is 3.64. The van der Waals surface area contributed by atoms with E-state index in [9.17, 15) is 4.79 Å². The molecule has 5 heteroatoms. The summed E-state index contributed by atoms with van der Waals surface area (Å²) in [6.07, 6.45) is 0. The number of hydrogen-bond acceptors (Lipinski definition) is 4. The number of carbonyl (C=O) groups excluding carboxylic acids is 1. The van der Waals surface area contributed by atoms with Gasteiger partial charge in [-0.3, -0.25) is 15.1 Å². The lowest BCUT2D eigenvalue weighted by molar-refractivity contribution is 0.0553.